The number of halogens is 4. The van der Waals surface area contributed by atoms with Crippen molar-refractivity contribution in [3.05, 3.63) is 35.9 Å². The molecule has 1 rings (SSSR count). The summed E-state index contributed by atoms with van der Waals surface area (Å²) in [6.07, 6.45) is 60.2. The molecule has 0 saturated carbocycles. The molecule has 470 valence electrons. The molecule has 77 heavy (non-hydrogen) atoms. The zero-order valence-electron chi connectivity index (χ0n) is 55.4. The van der Waals surface area contributed by atoms with Crippen LogP contribution in [0.1, 0.15) is 317 Å². The number of hydrogen-bond acceptors (Lipinski definition) is 1. The van der Waals surface area contributed by atoms with Gasteiger partial charge in [-0.15, -0.1) is 12.4 Å². The molecule has 0 aliphatic rings. The third kappa shape index (κ3) is 80.5. The molecule has 0 N–H and O–H groups in total. The Bertz CT molecular complexity index is 1110. The molecule has 0 atom stereocenters. The number of unbranched alkanes of at least 4 members (excludes halogenated alkanes) is 36. The van der Waals surface area contributed by atoms with Crippen LogP contribution in [0, 0.1) is 0 Å². The third-order valence-corrected chi connectivity index (χ3v) is 15.5. The van der Waals surface area contributed by atoms with E-state index >= 15 is 0 Å². The third-order valence-electron chi connectivity index (χ3n) is 15.5. The molecule has 0 spiro atoms. The summed E-state index contributed by atoms with van der Waals surface area (Å²) >= 11 is 0. The molecule has 1 aromatic rings. The zero-order chi connectivity index (χ0) is 54.8. The fraction of sp³-hybridized carbons (Fsp3) is 0.913. The largest absolute Gasteiger partial charge is 1.00 e. The number of rotatable bonds is 50. The fourth-order valence-electron chi connectivity index (χ4n) is 10.3. The highest BCUT2D eigenvalue weighted by Gasteiger charge is 2.15. The first-order valence-corrected chi connectivity index (χ1v) is 33.3. The molecule has 0 saturated heterocycles. The summed E-state index contributed by atoms with van der Waals surface area (Å²) in [4.78, 5) is 2.16. The average Bonchev–Trinajstić information content (AvgIpc) is 3.35. The Morgan fingerprint density at radius 2 is 0.416 bits per heavy atom. The van der Waals surface area contributed by atoms with Gasteiger partial charge in [-0.3, -0.25) is 0 Å². The highest BCUT2D eigenvalue weighted by Crippen LogP contribution is 2.16. The summed E-state index contributed by atoms with van der Waals surface area (Å²) in [5.41, 5.74) is 1.37. The van der Waals surface area contributed by atoms with E-state index in [1.807, 2.05) is 6.07 Å². The van der Waals surface area contributed by atoms with E-state index in [1.165, 1.54) is 328 Å². The van der Waals surface area contributed by atoms with Gasteiger partial charge in [0, 0.05) is 6.54 Å². The Morgan fingerprint density at radius 1 is 0.260 bits per heavy atom. The van der Waals surface area contributed by atoms with Gasteiger partial charge < -0.3 is 55.6 Å². The molecule has 0 radical (unpaired) electrons. The second kappa shape index (κ2) is 70.5. The van der Waals surface area contributed by atoms with Crippen LogP contribution in [0.25, 0.3) is 0 Å². The Morgan fingerprint density at radius 3 is 0.571 bits per heavy atom. The van der Waals surface area contributed by atoms with Gasteiger partial charge in [0.2, 0.25) is 0 Å². The van der Waals surface area contributed by atoms with E-state index in [0.29, 0.717) is 0 Å². The lowest BCUT2D eigenvalue weighted by atomic mass is 10.1. The average molecular weight is 1170 g/mol. The van der Waals surface area contributed by atoms with Gasteiger partial charge >= 0.3 is 0 Å². The van der Waals surface area contributed by atoms with Gasteiger partial charge in [-0.25, -0.2) is 0 Å². The standard InChI is InChI=1S/C22H48N.C20H44N.C18H40N.C9H13N.4ClH/c1-5-7-9-11-13-15-17-19-21-23(3,4)22-20-18-16-14-12-10-8-6-2;1-5-7-9-11-13-14-16-18-20-21(3,4)19-17-15-12-10-8-6-2;1-5-7-9-11-13-15-17-19(3,4)18-16-14-12-10-8-6-2;1-10(2)8-9-6-4-3-5-7-9;;;;/h5-22H2,1-4H3;5-20H2,1-4H3;5-18H2,1-4H3;3-7H,8H2,1-2H3;4*1H/q3*+1;;;;;/p-3. The number of quaternary nitrogens is 3. The van der Waals surface area contributed by atoms with Crippen LogP contribution in [-0.4, -0.2) is 114 Å². The maximum Gasteiger partial charge on any atom is 0.0782 e. The van der Waals surface area contributed by atoms with Crippen LogP contribution in [0.5, 0.6) is 0 Å². The van der Waals surface area contributed by atoms with Crippen molar-refractivity contribution in [2.45, 2.75) is 318 Å². The Kier molecular flexibility index (Phi) is 83.3. The van der Waals surface area contributed by atoms with Crippen LogP contribution in [0.3, 0.4) is 0 Å². The van der Waals surface area contributed by atoms with Crippen LogP contribution >= 0.6 is 12.4 Å². The monoisotopic (exact) mass is 1170 g/mol. The summed E-state index contributed by atoms with van der Waals surface area (Å²) in [5, 5.41) is 0. The van der Waals surface area contributed by atoms with Crippen LogP contribution in [0.15, 0.2) is 30.3 Å². The van der Waals surface area contributed by atoms with E-state index in [0.717, 1.165) is 6.54 Å². The van der Waals surface area contributed by atoms with Crippen molar-refractivity contribution in [1.29, 1.82) is 0 Å². The predicted octanol–water partition coefficient (Wildman–Crippen LogP) is 12.9. The van der Waals surface area contributed by atoms with Gasteiger partial charge in [0.1, 0.15) is 0 Å². The van der Waals surface area contributed by atoms with Crippen molar-refractivity contribution in [1.82, 2.24) is 4.90 Å². The Hall–Kier alpha value is 0.220. The fourth-order valence-corrected chi connectivity index (χ4v) is 10.3. The van der Waals surface area contributed by atoms with Crippen molar-refractivity contribution in [3.8, 4) is 0 Å². The van der Waals surface area contributed by atoms with E-state index in [-0.39, 0.29) is 49.6 Å². The first-order chi connectivity index (χ1) is 35.2. The predicted molar refractivity (Wildman–Crippen MR) is 345 cm³/mol. The van der Waals surface area contributed by atoms with Crippen LogP contribution < -0.4 is 37.2 Å². The molecule has 0 aliphatic carbocycles. The lowest BCUT2D eigenvalue weighted by molar-refractivity contribution is -0.890. The van der Waals surface area contributed by atoms with Gasteiger partial charge in [0.25, 0.3) is 0 Å². The van der Waals surface area contributed by atoms with Crippen molar-refractivity contribution in [2.24, 2.45) is 0 Å². The number of nitrogens with zero attached hydrogens (tertiary/aromatic N) is 4. The number of benzene rings is 1. The first kappa shape index (κ1) is 91.0. The summed E-state index contributed by atoms with van der Waals surface area (Å²) in [6.45, 7) is 23.1. The molecular weight excluding hydrogens is 1030 g/mol. The van der Waals surface area contributed by atoms with Gasteiger partial charge in [0.05, 0.1) is 81.6 Å². The van der Waals surface area contributed by atoms with Crippen molar-refractivity contribution in [2.75, 3.05) is 95.6 Å². The lowest BCUT2D eigenvalue weighted by Crippen LogP contribution is -3.00. The van der Waals surface area contributed by atoms with Gasteiger partial charge in [-0.1, -0.05) is 264 Å². The molecule has 0 unspecified atom stereocenters. The summed E-state index contributed by atoms with van der Waals surface area (Å²) in [7, 11) is 18.7. The summed E-state index contributed by atoms with van der Waals surface area (Å²) < 4.78 is 3.72. The zero-order valence-corrected chi connectivity index (χ0v) is 58.5. The molecule has 8 heteroatoms. The minimum atomic E-state index is 0. The highest BCUT2D eigenvalue weighted by molar-refractivity contribution is 5.85. The van der Waals surface area contributed by atoms with E-state index < -0.39 is 0 Å². The topological polar surface area (TPSA) is 3.24 Å². The maximum absolute atomic E-state index is 2.43. The molecule has 1 aromatic carbocycles. The molecule has 0 fully saturated rings. The van der Waals surface area contributed by atoms with E-state index in [4.69, 9.17) is 0 Å². The van der Waals surface area contributed by atoms with Gasteiger partial charge in [-0.2, -0.15) is 0 Å². The smallest absolute Gasteiger partial charge is 0.0782 e. The quantitative estimate of drug-likeness (QED) is 0.0464. The molecule has 0 amide bonds. The molecular formula is C69H146Cl4N4. The normalized spacial score (nSPS) is 11.2. The molecule has 0 heterocycles. The van der Waals surface area contributed by atoms with Crippen molar-refractivity contribution >= 4 is 12.4 Å². The molecule has 0 bridgehead atoms. The van der Waals surface area contributed by atoms with Crippen molar-refractivity contribution in [3.63, 3.8) is 0 Å². The Balaban J connectivity index is -0.000000171. The van der Waals surface area contributed by atoms with Crippen LogP contribution in [0.2, 0.25) is 0 Å². The van der Waals surface area contributed by atoms with Crippen LogP contribution in [-0.2, 0) is 6.54 Å². The Labute approximate surface area is 514 Å². The van der Waals surface area contributed by atoms with Gasteiger partial charge in [-0.05, 0) is 96.7 Å². The molecule has 4 nitrogen and oxygen atoms in total. The minimum Gasteiger partial charge on any atom is -1.00 e. The molecule has 0 aromatic heterocycles. The van der Waals surface area contributed by atoms with E-state index in [2.05, 4.69) is 127 Å². The second-order valence-corrected chi connectivity index (χ2v) is 25.6. The lowest BCUT2D eigenvalue weighted by Gasteiger charge is -2.30. The highest BCUT2D eigenvalue weighted by atomic mass is 35.5. The first-order valence-electron chi connectivity index (χ1n) is 33.3. The summed E-state index contributed by atoms with van der Waals surface area (Å²) in [6, 6.07) is 10.5. The van der Waals surface area contributed by atoms with Crippen molar-refractivity contribution < 1.29 is 50.7 Å². The second-order valence-electron chi connectivity index (χ2n) is 25.6. The number of hydrogen-bond donors (Lipinski definition) is 0. The SMILES string of the molecule is CCCCCCCCCC[N+](C)(C)CCCCCCCC.CCCCCCCCCC[N+](C)(C)CCCCCCCCCC.CCCCCCCC[N+](C)(C)CCCCCCCC.CN(C)Cc1ccccc1.Cl.[Cl-].[Cl-].[Cl-]. The molecule has 0 aliphatic heterocycles. The maximum atomic E-state index is 2.43. The van der Waals surface area contributed by atoms with Crippen LogP contribution in [0.4, 0.5) is 0 Å². The summed E-state index contributed by atoms with van der Waals surface area (Å²) in [5.74, 6) is 0. The van der Waals surface area contributed by atoms with E-state index in [1.54, 1.807) is 0 Å². The van der Waals surface area contributed by atoms with E-state index in [9.17, 15) is 0 Å². The minimum absolute atomic E-state index is 0. The van der Waals surface area contributed by atoms with Gasteiger partial charge in [0.15, 0.2) is 0 Å².